The second-order valence-corrected chi connectivity index (χ2v) is 7.36. The Bertz CT molecular complexity index is 792. The standard InChI is InChI=1S/C17H22BrN3O3/c1-10-5-12-16(13(18)6-10)20-9-21(17(12)24)8-11(22)7-14-15(23)3-2-4-19-14/h5-6,9,11,14-15,19,22-23H,2-4,7-8H2,1H3/t11-,14+,15-/m0/s1. The SMILES string of the molecule is Cc1cc(Br)c2ncn(C[C@@H](O)C[C@H]3NCCC[C@@H]3O)c(=O)c2c1. The summed E-state index contributed by atoms with van der Waals surface area (Å²) in [6.07, 6.45) is 2.39. The summed E-state index contributed by atoms with van der Waals surface area (Å²) in [5, 5.41) is 24.1. The molecule has 0 radical (unpaired) electrons. The topological polar surface area (TPSA) is 87.4 Å². The summed E-state index contributed by atoms with van der Waals surface area (Å²) in [7, 11) is 0. The number of aromatic nitrogens is 2. The molecule has 0 bridgehead atoms. The number of aliphatic hydroxyl groups is 2. The van der Waals surface area contributed by atoms with Gasteiger partial charge in [-0.15, -0.1) is 0 Å². The molecule has 3 N–H and O–H groups in total. The van der Waals surface area contributed by atoms with Crippen molar-refractivity contribution in [2.45, 2.75) is 51.0 Å². The number of fused-ring (bicyclic) bond motifs is 1. The first-order chi connectivity index (χ1) is 11.5. The molecule has 0 aliphatic carbocycles. The molecule has 6 nitrogen and oxygen atoms in total. The third-order valence-electron chi connectivity index (χ3n) is 4.51. The lowest BCUT2D eigenvalue weighted by Gasteiger charge is -2.30. The number of piperidine rings is 1. The number of nitrogens with one attached hydrogen (secondary N) is 1. The van der Waals surface area contributed by atoms with E-state index in [0.29, 0.717) is 17.3 Å². The van der Waals surface area contributed by atoms with Crippen LogP contribution in [0, 0.1) is 6.92 Å². The Morgan fingerprint density at radius 1 is 1.50 bits per heavy atom. The van der Waals surface area contributed by atoms with Crippen molar-refractivity contribution >= 4 is 26.8 Å². The number of rotatable bonds is 4. The molecule has 24 heavy (non-hydrogen) atoms. The van der Waals surface area contributed by atoms with Gasteiger partial charge in [0.05, 0.1) is 36.0 Å². The van der Waals surface area contributed by atoms with Crippen LogP contribution in [0.5, 0.6) is 0 Å². The van der Waals surface area contributed by atoms with E-state index < -0.39 is 12.2 Å². The Hall–Kier alpha value is -1.28. The van der Waals surface area contributed by atoms with Crippen molar-refractivity contribution in [3.05, 3.63) is 38.9 Å². The third kappa shape index (κ3) is 3.69. The van der Waals surface area contributed by atoms with E-state index >= 15 is 0 Å². The molecule has 0 unspecified atom stereocenters. The molecule has 2 aromatic rings. The fourth-order valence-electron chi connectivity index (χ4n) is 3.26. The van der Waals surface area contributed by atoms with E-state index in [9.17, 15) is 15.0 Å². The molecule has 0 saturated carbocycles. The maximum absolute atomic E-state index is 12.7. The van der Waals surface area contributed by atoms with E-state index in [-0.39, 0.29) is 18.1 Å². The van der Waals surface area contributed by atoms with Gasteiger partial charge in [-0.25, -0.2) is 4.98 Å². The van der Waals surface area contributed by atoms with Crippen LogP contribution in [0.4, 0.5) is 0 Å². The van der Waals surface area contributed by atoms with E-state index in [1.54, 1.807) is 0 Å². The molecule has 1 aliphatic heterocycles. The zero-order valence-electron chi connectivity index (χ0n) is 13.6. The van der Waals surface area contributed by atoms with Gasteiger partial charge in [-0.1, -0.05) is 0 Å². The van der Waals surface area contributed by atoms with Crippen molar-refractivity contribution in [2.75, 3.05) is 6.54 Å². The lowest BCUT2D eigenvalue weighted by molar-refractivity contribution is 0.0539. The van der Waals surface area contributed by atoms with Gasteiger partial charge in [0.25, 0.3) is 5.56 Å². The molecule has 130 valence electrons. The van der Waals surface area contributed by atoms with E-state index in [1.807, 2.05) is 19.1 Å². The lowest BCUT2D eigenvalue weighted by Crippen LogP contribution is -2.47. The maximum Gasteiger partial charge on any atom is 0.261 e. The maximum atomic E-state index is 12.7. The minimum absolute atomic E-state index is 0.130. The molecule has 0 spiro atoms. The predicted octanol–water partition coefficient (Wildman–Crippen LogP) is 1.33. The van der Waals surface area contributed by atoms with Gasteiger partial charge < -0.3 is 15.5 Å². The van der Waals surface area contributed by atoms with Gasteiger partial charge in [0.2, 0.25) is 0 Å². The second-order valence-electron chi connectivity index (χ2n) is 6.50. The average Bonchev–Trinajstić information content (AvgIpc) is 2.53. The minimum Gasteiger partial charge on any atom is -0.392 e. The number of aryl methyl sites for hydroxylation is 1. The Balaban J connectivity index is 1.79. The molecular formula is C17H22BrN3O3. The second kappa shape index (κ2) is 7.31. The Kier molecular flexibility index (Phi) is 5.34. The summed E-state index contributed by atoms with van der Waals surface area (Å²) in [5.74, 6) is 0. The Morgan fingerprint density at radius 2 is 2.29 bits per heavy atom. The highest BCUT2D eigenvalue weighted by Gasteiger charge is 2.25. The van der Waals surface area contributed by atoms with Crippen molar-refractivity contribution < 1.29 is 10.2 Å². The van der Waals surface area contributed by atoms with Crippen LogP contribution in [0.3, 0.4) is 0 Å². The van der Waals surface area contributed by atoms with Gasteiger partial charge >= 0.3 is 0 Å². The van der Waals surface area contributed by atoms with Crippen LogP contribution < -0.4 is 10.9 Å². The van der Waals surface area contributed by atoms with Crippen molar-refractivity contribution in [2.24, 2.45) is 0 Å². The first-order valence-corrected chi connectivity index (χ1v) is 9.00. The van der Waals surface area contributed by atoms with Gasteiger partial charge in [-0.3, -0.25) is 9.36 Å². The van der Waals surface area contributed by atoms with Crippen molar-refractivity contribution in [1.82, 2.24) is 14.9 Å². The van der Waals surface area contributed by atoms with Gasteiger partial charge in [0.15, 0.2) is 0 Å². The van der Waals surface area contributed by atoms with E-state index in [2.05, 4.69) is 26.2 Å². The van der Waals surface area contributed by atoms with Gasteiger partial charge in [0.1, 0.15) is 0 Å². The molecule has 1 saturated heterocycles. The molecular weight excluding hydrogens is 374 g/mol. The number of benzene rings is 1. The normalized spacial score (nSPS) is 22.7. The van der Waals surface area contributed by atoms with Gasteiger partial charge in [-0.2, -0.15) is 0 Å². The molecule has 1 aromatic heterocycles. The van der Waals surface area contributed by atoms with Crippen molar-refractivity contribution in [1.29, 1.82) is 0 Å². The van der Waals surface area contributed by atoms with Crippen molar-refractivity contribution in [3.8, 4) is 0 Å². The molecule has 3 atom stereocenters. The Labute approximate surface area is 148 Å². The molecule has 3 rings (SSSR count). The zero-order chi connectivity index (χ0) is 17.3. The highest BCUT2D eigenvalue weighted by molar-refractivity contribution is 9.10. The first kappa shape index (κ1) is 17.5. The van der Waals surface area contributed by atoms with Gasteiger partial charge in [-0.05, 0) is 66.4 Å². The molecule has 1 fully saturated rings. The summed E-state index contributed by atoms with van der Waals surface area (Å²) in [5.41, 5.74) is 1.43. The summed E-state index contributed by atoms with van der Waals surface area (Å²) >= 11 is 3.43. The lowest BCUT2D eigenvalue weighted by atomic mass is 9.96. The number of aliphatic hydroxyl groups excluding tert-OH is 2. The Morgan fingerprint density at radius 3 is 3.04 bits per heavy atom. The van der Waals surface area contributed by atoms with Gasteiger partial charge in [0, 0.05) is 10.5 Å². The van der Waals surface area contributed by atoms with Crippen LogP contribution in [0.1, 0.15) is 24.8 Å². The van der Waals surface area contributed by atoms with Crippen LogP contribution in [0.25, 0.3) is 10.9 Å². The summed E-state index contributed by atoms with van der Waals surface area (Å²) in [4.78, 5) is 17.0. The van der Waals surface area contributed by atoms with Crippen LogP contribution in [-0.4, -0.2) is 44.6 Å². The van der Waals surface area contributed by atoms with E-state index in [0.717, 1.165) is 29.4 Å². The number of hydrogen-bond acceptors (Lipinski definition) is 5. The highest BCUT2D eigenvalue weighted by atomic mass is 79.9. The predicted molar refractivity (Wildman–Crippen MR) is 96.1 cm³/mol. The fourth-order valence-corrected chi connectivity index (χ4v) is 3.94. The quantitative estimate of drug-likeness (QED) is 0.726. The number of halogens is 1. The summed E-state index contributed by atoms with van der Waals surface area (Å²) < 4.78 is 2.23. The molecule has 1 aromatic carbocycles. The van der Waals surface area contributed by atoms with E-state index in [1.165, 1.54) is 10.9 Å². The van der Waals surface area contributed by atoms with Crippen LogP contribution >= 0.6 is 15.9 Å². The fraction of sp³-hybridized carbons (Fsp3) is 0.529. The minimum atomic E-state index is -0.722. The van der Waals surface area contributed by atoms with E-state index in [4.69, 9.17) is 0 Å². The van der Waals surface area contributed by atoms with Crippen LogP contribution in [-0.2, 0) is 6.54 Å². The average molecular weight is 396 g/mol. The molecule has 7 heteroatoms. The highest BCUT2D eigenvalue weighted by Crippen LogP contribution is 2.21. The summed E-state index contributed by atoms with van der Waals surface area (Å²) in [6, 6.07) is 3.60. The molecule has 2 heterocycles. The van der Waals surface area contributed by atoms with Crippen LogP contribution in [0.2, 0.25) is 0 Å². The number of nitrogens with zero attached hydrogens (tertiary/aromatic N) is 2. The smallest absolute Gasteiger partial charge is 0.261 e. The monoisotopic (exact) mass is 395 g/mol. The third-order valence-corrected chi connectivity index (χ3v) is 5.11. The summed E-state index contributed by atoms with van der Waals surface area (Å²) in [6.45, 7) is 2.93. The first-order valence-electron chi connectivity index (χ1n) is 8.20. The largest absolute Gasteiger partial charge is 0.392 e. The molecule has 0 amide bonds. The van der Waals surface area contributed by atoms with Crippen LogP contribution in [0.15, 0.2) is 27.7 Å². The molecule has 1 aliphatic rings. The van der Waals surface area contributed by atoms with Crippen molar-refractivity contribution in [3.63, 3.8) is 0 Å². The zero-order valence-corrected chi connectivity index (χ0v) is 15.2. The number of hydrogen-bond donors (Lipinski definition) is 3.